The fourth-order valence-corrected chi connectivity index (χ4v) is 3.60. The summed E-state index contributed by atoms with van der Waals surface area (Å²) in [4.78, 5) is 15.0. The molecule has 1 saturated heterocycles. The van der Waals surface area contributed by atoms with E-state index in [0.717, 1.165) is 25.8 Å². The van der Waals surface area contributed by atoms with Crippen LogP contribution in [0.15, 0.2) is 30.6 Å². The van der Waals surface area contributed by atoms with Gasteiger partial charge in [-0.1, -0.05) is 11.6 Å². The molecule has 24 heavy (non-hydrogen) atoms. The third-order valence-electron chi connectivity index (χ3n) is 4.52. The minimum atomic E-state index is -0.0212. The van der Waals surface area contributed by atoms with Gasteiger partial charge in [-0.2, -0.15) is 5.10 Å². The Labute approximate surface area is 144 Å². The van der Waals surface area contributed by atoms with Crippen molar-refractivity contribution in [1.29, 1.82) is 0 Å². The van der Waals surface area contributed by atoms with E-state index in [1.807, 2.05) is 21.8 Å². The maximum absolute atomic E-state index is 13.0. The van der Waals surface area contributed by atoms with Gasteiger partial charge in [0.05, 0.1) is 17.6 Å². The lowest BCUT2D eigenvalue weighted by molar-refractivity contribution is 0.0583. The van der Waals surface area contributed by atoms with E-state index < -0.39 is 0 Å². The maximum atomic E-state index is 13.0. The van der Waals surface area contributed by atoms with Crippen LogP contribution in [-0.2, 0) is 6.54 Å². The summed E-state index contributed by atoms with van der Waals surface area (Å²) < 4.78 is 12.6. The van der Waals surface area contributed by atoms with Crippen molar-refractivity contribution < 1.29 is 14.3 Å². The summed E-state index contributed by atoms with van der Waals surface area (Å²) in [6.07, 6.45) is 6.79. The molecule has 4 rings (SSSR count). The Kier molecular flexibility index (Phi) is 4.06. The van der Waals surface area contributed by atoms with E-state index in [4.69, 9.17) is 21.1 Å². The van der Waals surface area contributed by atoms with Crippen molar-refractivity contribution in [2.24, 2.45) is 0 Å². The summed E-state index contributed by atoms with van der Waals surface area (Å²) in [5.74, 6) is 1.03. The maximum Gasteiger partial charge on any atom is 0.254 e. The number of likely N-dealkylation sites (tertiary alicyclic amines) is 1. The van der Waals surface area contributed by atoms with Crippen LogP contribution >= 0.6 is 11.6 Å². The van der Waals surface area contributed by atoms with E-state index in [9.17, 15) is 4.79 Å². The highest BCUT2D eigenvalue weighted by Gasteiger charge is 2.29. The van der Waals surface area contributed by atoms with Gasteiger partial charge in [0.15, 0.2) is 11.5 Å². The molecule has 2 aliphatic rings. The Balaban J connectivity index is 1.58. The quantitative estimate of drug-likeness (QED) is 0.856. The number of rotatable bonds is 3. The van der Waals surface area contributed by atoms with E-state index in [2.05, 4.69) is 5.10 Å². The number of carbonyl (C=O) groups is 1. The number of hydrogen-bond acceptors (Lipinski definition) is 4. The van der Waals surface area contributed by atoms with E-state index in [1.165, 1.54) is 0 Å². The first kappa shape index (κ1) is 15.3. The summed E-state index contributed by atoms with van der Waals surface area (Å²) in [6.45, 7) is 1.59. The first-order chi connectivity index (χ1) is 11.7. The molecule has 1 fully saturated rings. The van der Waals surface area contributed by atoms with Gasteiger partial charge in [-0.3, -0.25) is 9.48 Å². The largest absolute Gasteiger partial charge is 0.454 e. The molecule has 0 aliphatic carbocycles. The molecule has 2 aliphatic heterocycles. The first-order valence-corrected chi connectivity index (χ1v) is 8.48. The van der Waals surface area contributed by atoms with Crippen LogP contribution in [0.3, 0.4) is 0 Å². The molecule has 0 N–H and O–H groups in total. The molecular weight excluding hydrogens is 330 g/mol. The molecule has 3 heterocycles. The number of nitrogens with zero attached hydrogens (tertiary/aromatic N) is 3. The zero-order valence-corrected chi connectivity index (χ0v) is 13.9. The average molecular weight is 348 g/mol. The normalized spacial score (nSPS) is 19.5. The van der Waals surface area contributed by atoms with Crippen LogP contribution in [0.2, 0.25) is 5.02 Å². The SMILES string of the molecule is O=C(c1cc(Cl)c2c(c1)OCO2)N1CCCC[C@@H]1Cn1cccn1. The van der Waals surface area contributed by atoms with Gasteiger partial charge in [0.1, 0.15) is 0 Å². The molecule has 1 aromatic heterocycles. The molecule has 0 unspecified atom stereocenters. The smallest absolute Gasteiger partial charge is 0.254 e. The van der Waals surface area contributed by atoms with E-state index in [1.54, 1.807) is 18.3 Å². The first-order valence-electron chi connectivity index (χ1n) is 8.10. The molecular formula is C17H18ClN3O3. The number of benzene rings is 1. The van der Waals surface area contributed by atoms with Crippen molar-refractivity contribution in [3.8, 4) is 11.5 Å². The van der Waals surface area contributed by atoms with Crippen molar-refractivity contribution in [1.82, 2.24) is 14.7 Å². The molecule has 1 aromatic carbocycles. The third kappa shape index (κ3) is 2.82. The summed E-state index contributed by atoms with van der Waals surface area (Å²) in [7, 11) is 0. The second-order valence-corrected chi connectivity index (χ2v) is 6.48. The third-order valence-corrected chi connectivity index (χ3v) is 4.80. The van der Waals surface area contributed by atoms with Gasteiger partial charge in [-0.15, -0.1) is 0 Å². The predicted molar refractivity (Wildman–Crippen MR) is 88.5 cm³/mol. The highest BCUT2D eigenvalue weighted by molar-refractivity contribution is 6.32. The average Bonchev–Trinajstić information content (AvgIpc) is 3.26. The molecule has 1 amide bonds. The molecule has 0 radical (unpaired) electrons. The topological polar surface area (TPSA) is 56.6 Å². The number of aromatic nitrogens is 2. The van der Waals surface area contributed by atoms with Crippen LogP contribution in [0.25, 0.3) is 0 Å². The van der Waals surface area contributed by atoms with Gasteiger partial charge < -0.3 is 14.4 Å². The second-order valence-electron chi connectivity index (χ2n) is 6.07. The summed E-state index contributed by atoms with van der Waals surface area (Å²) >= 11 is 6.22. The molecule has 0 bridgehead atoms. The second kappa shape index (κ2) is 6.36. The van der Waals surface area contributed by atoms with Crippen LogP contribution < -0.4 is 9.47 Å². The fraction of sp³-hybridized carbons (Fsp3) is 0.412. The molecule has 7 heteroatoms. The summed E-state index contributed by atoms with van der Waals surface area (Å²) in [5.41, 5.74) is 0.539. The van der Waals surface area contributed by atoms with Gasteiger partial charge in [0, 0.05) is 24.5 Å². The highest BCUT2D eigenvalue weighted by atomic mass is 35.5. The predicted octanol–water partition coefficient (Wildman–Crippen LogP) is 2.96. The summed E-state index contributed by atoms with van der Waals surface area (Å²) in [6, 6.07) is 5.41. The van der Waals surface area contributed by atoms with Crippen LogP contribution in [-0.4, -0.2) is 40.0 Å². The van der Waals surface area contributed by atoms with Gasteiger partial charge in [-0.25, -0.2) is 0 Å². The molecule has 6 nitrogen and oxygen atoms in total. The molecule has 126 valence electrons. The van der Waals surface area contributed by atoms with E-state index >= 15 is 0 Å². The van der Waals surface area contributed by atoms with Gasteiger partial charge in [-0.05, 0) is 37.5 Å². The summed E-state index contributed by atoms with van der Waals surface area (Å²) in [5, 5.41) is 4.67. The van der Waals surface area contributed by atoms with Crippen molar-refractivity contribution >= 4 is 17.5 Å². The van der Waals surface area contributed by atoms with Crippen molar-refractivity contribution in [2.45, 2.75) is 31.8 Å². The van der Waals surface area contributed by atoms with Crippen LogP contribution in [0.5, 0.6) is 11.5 Å². The Morgan fingerprint density at radius 1 is 1.33 bits per heavy atom. The van der Waals surface area contributed by atoms with E-state index in [-0.39, 0.29) is 18.7 Å². The minimum Gasteiger partial charge on any atom is -0.454 e. The zero-order valence-electron chi connectivity index (χ0n) is 13.2. The number of amides is 1. The molecule has 2 aromatic rings. The van der Waals surface area contributed by atoms with Crippen molar-refractivity contribution in [3.63, 3.8) is 0 Å². The number of hydrogen-bond donors (Lipinski definition) is 0. The lowest BCUT2D eigenvalue weighted by Crippen LogP contribution is -2.45. The van der Waals surface area contributed by atoms with Gasteiger partial charge in [0.2, 0.25) is 6.79 Å². The van der Waals surface area contributed by atoms with Crippen molar-refractivity contribution in [2.75, 3.05) is 13.3 Å². The molecule has 0 spiro atoms. The monoisotopic (exact) mass is 347 g/mol. The number of ether oxygens (including phenoxy) is 2. The molecule has 1 atom stereocenters. The minimum absolute atomic E-state index is 0.0212. The fourth-order valence-electron chi connectivity index (χ4n) is 3.34. The van der Waals surface area contributed by atoms with Crippen molar-refractivity contribution in [3.05, 3.63) is 41.2 Å². The van der Waals surface area contributed by atoms with Crippen LogP contribution in [0, 0.1) is 0 Å². The zero-order chi connectivity index (χ0) is 16.5. The molecule has 0 saturated carbocycles. The Morgan fingerprint density at radius 2 is 2.25 bits per heavy atom. The van der Waals surface area contributed by atoms with E-state index in [0.29, 0.717) is 28.6 Å². The Morgan fingerprint density at radius 3 is 3.08 bits per heavy atom. The van der Waals surface area contributed by atoms with Crippen LogP contribution in [0.1, 0.15) is 29.6 Å². The number of halogens is 1. The highest BCUT2D eigenvalue weighted by Crippen LogP contribution is 2.40. The number of carbonyl (C=O) groups excluding carboxylic acids is 1. The lowest BCUT2D eigenvalue weighted by atomic mass is 10.0. The lowest BCUT2D eigenvalue weighted by Gasteiger charge is -2.35. The van der Waals surface area contributed by atoms with Gasteiger partial charge in [0.25, 0.3) is 5.91 Å². The standard InChI is InChI=1S/C17H18ClN3O3/c18-14-8-12(9-15-16(14)24-11-23-15)17(22)21-7-2-1-4-13(21)10-20-6-3-5-19-20/h3,5-6,8-9,13H,1-2,4,7,10-11H2/t13-/m1/s1. The number of fused-ring (bicyclic) bond motifs is 1. The number of piperidine rings is 1. The Hall–Kier alpha value is -2.21. The van der Waals surface area contributed by atoms with Gasteiger partial charge >= 0.3 is 0 Å². The Bertz CT molecular complexity index is 748. The van der Waals surface area contributed by atoms with Crippen LogP contribution in [0.4, 0.5) is 0 Å².